The predicted octanol–water partition coefficient (Wildman–Crippen LogP) is 3.46. The lowest BCUT2D eigenvalue weighted by atomic mass is 9.71. The van der Waals surface area contributed by atoms with Gasteiger partial charge in [0.15, 0.2) is 0 Å². The van der Waals surface area contributed by atoms with Crippen molar-refractivity contribution in [3.05, 3.63) is 22.8 Å². The van der Waals surface area contributed by atoms with Crippen molar-refractivity contribution < 1.29 is 18.3 Å². The van der Waals surface area contributed by atoms with Crippen molar-refractivity contribution in [1.29, 1.82) is 0 Å². The van der Waals surface area contributed by atoms with Crippen molar-refractivity contribution in [3.63, 3.8) is 0 Å². The van der Waals surface area contributed by atoms with Crippen molar-refractivity contribution in [2.45, 2.75) is 38.0 Å². The third-order valence-corrected chi connectivity index (χ3v) is 5.08. The van der Waals surface area contributed by atoms with Crippen LogP contribution in [0.4, 0.5) is 13.2 Å². The molecule has 1 N–H and O–H groups in total. The molecule has 0 saturated carbocycles. The zero-order valence-corrected chi connectivity index (χ0v) is 12.4. The van der Waals surface area contributed by atoms with Gasteiger partial charge in [-0.1, -0.05) is 17.7 Å². The minimum Gasteiger partial charge on any atom is -0.385 e. The van der Waals surface area contributed by atoms with Crippen molar-refractivity contribution in [2.24, 2.45) is 5.41 Å². The molecule has 2 rings (SSSR count). The summed E-state index contributed by atoms with van der Waals surface area (Å²) in [6.07, 6.45) is -0.956. The Kier molecular flexibility index (Phi) is 4.00. The maximum atomic E-state index is 13.3. The second kappa shape index (κ2) is 5.04. The van der Waals surface area contributed by atoms with Crippen molar-refractivity contribution >= 4 is 11.6 Å². The van der Waals surface area contributed by atoms with Crippen LogP contribution in [-0.2, 0) is 0 Å². The van der Waals surface area contributed by atoms with Crippen LogP contribution in [0.2, 0.25) is 0 Å². The molecule has 1 aliphatic carbocycles. The lowest BCUT2D eigenvalue weighted by Crippen LogP contribution is -2.47. The van der Waals surface area contributed by atoms with Crippen LogP contribution in [-0.4, -0.2) is 41.9 Å². The Morgan fingerprint density at radius 3 is 2.30 bits per heavy atom. The highest BCUT2D eigenvalue weighted by Gasteiger charge is 2.55. The van der Waals surface area contributed by atoms with E-state index in [0.29, 0.717) is 31.5 Å². The van der Waals surface area contributed by atoms with Gasteiger partial charge in [-0.25, -0.2) is 0 Å². The highest BCUT2D eigenvalue weighted by atomic mass is 35.5. The smallest absolute Gasteiger partial charge is 0.385 e. The summed E-state index contributed by atoms with van der Waals surface area (Å²) < 4.78 is 39.8. The van der Waals surface area contributed by atoms with Gasteiger partial charge in [0.2, 0.25) is 0 Å². The third kappa shape index (κ3) is 2.63. The molecule has 2 aliphatic rings. The number of rotatable bonds is 1. The monoisotopic (exact) mass is 309 g/mol. The number of alkyl halides is 3. The van der Waals surface area contributed by atoms with Crippen molar-refractivity contribution in [2.75, 3.05) is 20.1 Å². The summed E-state index contributed by atoms with van der Waals surface area (Å²) >= 11 is 5.79. The Labute approximate surface area is 121 Å². The molecule has 0 radical (unpaired) electrons. The van der Waals surface area contributed by atoms with E-state index >= 15 is 0 Å². The summed E-state index contributed by atoms with van der Waals surface area (Å²) in [6.45, 7) is 2.44. The topological polar surface area (TPSA) is 23.5 Å². The minimum absolute atomic E-state index is 0.217. The van der Waals surface area contributed by atoms with Crippen LogP contribution in [0.1, 0.15) is 26.2 Å². The van der Waals surface area contributed by atoms with Crippen LogP contribution in [0.15, 0.2) is 22.8 Å². The predicted molar refractivity (Wildman–Crippen MR) is 72.5 cm³/mol. The molecule has 0 amide bonds. The molecule has 1 fully saturated rings. The highest BCUT2D eigenvalue weighted by Crippen LogP contribution is 2.53. The summed E-state index contributed by atoms with van der Waals surface area (Å²) in [6, 6.07) is 0. The van der Waals surface area contributed by atoms with Crippen LogP contribution in [0.3, 0.4) is 0 Å². The first-order valence-corrected chi connectivity index (χ1v) is 7.01. The molecule has 6 heteroatoms. The van der Waals surface area contributed by atoms with Gasteiger partial charge in [0.25, 0.3) is 0 Å². The summed E-state index contributed by atoms with van der Waals surface area (Å²) in [5.41, 5.74) is -2.81. The summed E-state index contributed by atoms with van der Waals surface area (Å²) in [5.74, 6) is 0. The molecule has 0 spiro atoms. The van der Waals surface area contributed by atoms with Crippen LogP contribution in [0.25, 0.3) is 0 Å². The Hall–Kier alpha value is -0.520. The molecule has 0 aromatic heterocycles. The average Bonchev–Trinajstić information content (AvgIpc) is 2.35. The van der Waals surface area contributed by atoms with E-state index in [9.17, 15) is 18.3 Å². The van der Waals surface area contributed by atoms with Gasteiger partial charge in [0, 0.05) is 18.1 Å². The number of halogens is 4. The van der Waals surface area contributed by atoms with Gasteiger partial charge in [0.05, 0.1) is 5.60 Å². The second-order valence-electron chi connectivity index (χ2n) is 6.05. The number of allylic oxidation sites excluding steroid dienone is 3. The van der Waals surface area contributed by atoms with E-state index in [1.807, 2.05) is 7.05 Å². The fourth-order valence-corrected chi connectivity index (χ4v) is 2.98. The molecule has 1 heterocycles. The lowest BCUT2D eigenvalue weighted by molar-refractivity contribution is -0.203. The van der Waals surface area contributed by atoms with Gasteiger partial charge < -0.3 is 10.0 Å². The number of hydrogen-bond donors (Lipinski definition) is 1. The molecule has 1 unspecified atom stereocenters. The molecular weight excluding hydrogens is 291 g/mol. The summed E-state index contributed by atoms with van der Waals surface area (Å²) in [5, 5.41) is 10.4. The maximum Gasteiger partial charge on any atom is 0.399 e. The molecule has 0 aromatic carbocycles. The van der Waals surface area contributed by atoms with Gasteiger partial charge in [-0.05, 0) is 44.9 Å². The van der Waals surface area contributed by atoms with E-state index in [2.05, 4.69) is 4.90 Å². The standard InChI is InChI=1S/C14H19ClF3NO/c1-12(14(16,17)18)9-10(3-4-11(12)15)13(20)5-7-19(2)8-6-13/h3-4,20H,5-9H2,1-2H3. The molecular formula is C14H19ClF3NO. The van der Waals surface area contributed by atoms with Gasteiger partial charge in [-0.3, -0.25) is 0 Å². The first-order chi connectivity index (χ1) is 9.08. The zero-order valence-electron chi connectivity index (χ0n) is 11.6. The highest BCUT2D eigenvalue weighted by molar-refractivity contribution is 6.30. The number of hydrogen-bond acceptors (Lipinski definition) is 2. The van der Waals surface area contributed by atoms with E-state index in [4.69, 9.17) is 11.6 Å². The number of likely N-dealkylation sites (tertiary alicyclic amines) is 1. The van der Waals surface area contributed by atoms with E-state index in [0.717, 1.165) is 6.92 Å². The molecule has 1 saturated heterocycles. The zero-order chi connectivity index (χ0) is 15.2. The van der Waals surface area contributed by atoms with E-state index < -0.39 is 17.2 Å². The SMILES string of the molecule is CN1CCC(O)(C2=CC=C(Cl)C(C)(C(F)(F)F)C2)CC1. The molecule has 1 atom stereocenters. The fourth-order valence-electron chi connectivity index (χ4n) is 2.75. The molecule has 1 aliphatic heterocycles. The fraction of sp³-hybridized carbons (Fsp3) is 0.714. The average molecular weight is 310 g/mol. The normalized spacial score (nSPS) is 31.8. The summed E-state index contributed by atoms with van der Waals surface area (Å²) in [7, 11) is 1.94. The minimum atomic E-state index is -4.43. The number of piperidine rings is 1. The number of aliphatic hydroxyl groups is 1. The van der Waals surface area contributed by atoms with E-state index in [1.165, 1.54) is 6.08 Å². The largest absolute Gasteiger partial charge is 0.399 e. The molecule has 2 nitrogen and oxygen atoms in total. The first kappa shape index (κ1) is 15.9. The molecule has 20 heavy (non-hydrogen) atoms. The van der Waals surface area contributed by atoms with Gasteiger partial charge >= 0.3 is 6.18 Å². The Bertz CT molecular complexity index is 450. The third-order valence-electron chi connectivity index (χ3n) is 4.54. The molecule has 114 valence electrons. The Balaban J connectivity index is 2.27. The second-order valence-corrected chi connectivity index (χ2v) is 6.46. The maximum absolute atomic E-state index is 13.3. The quantitative estimate of drug-likeness (QED) is 0.802. The Morgan fingerprint density at radius 1 is 1.25 bits per heavy atom. The van der Waals surface area contributed by atoms with Crippen molar-refractivity contribution in [1.82, 2.24) is 4.90 Å². The molecule has 0 aromatic rings. The van der Waals surface area contributed by atoms with Gasteiger partial charge in [-0.15, -0.1) is 0 Å². The number of nitrogens with zero attached hydrogens (tertiary/aromatic N) is 1. The lowest BCUT2D eigenvalue weighted by Gasteiger charge is -2.43. The molecule has 0 bridgehead atoms. The van der Waals surface area contributed by atoms with E-state index in [1.54, 1.807) is 6.08 Å². The van der Waals surface area contributed by atoms with Crippen LogP contribution >= 0.6 is 11.6 Å². The van der Waals surface area contributed by atoms with Gasteiger partial charge in [0.1, 0.15) is 5.41 Å². The van der Waals surface area contributed by atoms with Crippen molar-refractivity contribution in [3.8, 4) is 0 Å². The van der Waals surface area contributed by atoms with Crippen LogP contribution in [0, 0.1) is 5.41 Å². The summed E-state index contributed by atoms with van der Waals surface area (Å²) in [4.78, 5) is 2.06. The van der Waals surface area contributed by atoms with Crippen LogP contribution in [0.5, 0.6) is 0 Å². The van der Waals surface area contributed by atoms with Crippen LogP contribution < -0.4 is 0 Å². The van der Waals surface area contributed by atoms with Gasteiger partial charge in [-0.2, -0.15) is 13.2 Å². The first-order valence-electron chi connectivity index (χ1n) is 6.63. The van der Waals surface area contributed by atoms with E-state index in [-0.39, 0.29) is 11.5 Å². The Morgan fingerprint density at radius 2 is 1.80 bits per heavy atom.